The van der Waals surface area contributed by atoms with Gasteiger partial charge in [0.25, 0.3) is 0 Å². The minimum atomic E-state index is -0.990. The molecule has 0 fully saturated rings. The zero-order chi connectivity index (χ0) is 17.4. The first-order valence-electron chi connectivity index (χ1n) is 8.25. The molecule has 1 aliphatic rings. The molecule has 25 heavy (non-hydrogen) atoms. The van der Waals surface area contributed by atoms with Crippen LogP contribution in [-0.4, -0.2) is 26.0 Å². The lowest BCUT2D eigenvalue weighted by molar-refractivity contribution is 0.0691. The third kappa shape index (κ3) is 2.87. The van der Waals surface area contributed by atoms with Crippen LogP contribution in [0.15, 0.2) is 36.7 Å². The predicted molar refractivity (Wildman–Crippen MR) is 95.3 cm³/mol. The largest absolute Gasteiger partial charge is 0.477 e. The van der Waals surface area contributed by atoms with Gasteiger partial charge in [-0.1, -0.05) is 12.1 Å². The number of carboxylic acid groups (broad SMARTS) is 1. The maximum atomic E-state index is 11.1. The molecular formula is C19H18N4O2. The van der Waals surface area contributed by atoms with E-state index in [1.165, 1.54) is 17.5 Å². The van der Waals surface area contributed by atoms with E-state index in [4.69, 9.17) is 5.11 Å². The van der Waals surface area contributed by atoms with Crippen LogP contribution in [0.5, 0.6) is 0 Å². The Bertz CT molecular complexity index is 962. The molecule has 0 radical (unpaired) electrons. The van der Waals surface area contributed by atoms with Gasteiger partial charge in [-0.2, -0.15) is 0 Å². The van der Waals surface area contributed by atoms with Crippen LogP contribution in [0, 0.1) is 6.92 Å². The van der Waals surface area contributed by atoms with Crippen LogP contribution in [0.25, 0.3) is 11.3 Å². The first-order chi connectivity index (χ1) is 12.1. The Morgan fingerprint density at radius 2 is 2.20 bits per heavy atom. The third-order valence-electron chi connectivity index (χ3n) is 4.55. The summed E-state index contributed by atoms with van der Waals surface area (Å²) in [4.78, 5) is 22.8. The van der Waals surface area contributed by atoms with Crippen LogP contribution in [-0.2, 0) is 12.8 Å². The van der Waals surface area contributed by atoms with Crippen molar-refractivity contribution in [2.45, 2.75) is 26.2 Å². The Kier molecular flexibility index (Phi) is 3.72. The molecule has 0 saturated carbocycles. The number of fused-ring (bicyclic) bond motifs is 1. The predicted octanol–water partition coefficient (Wildman–Crippen LogP) is 3.71. The van der Waals surface area contributed by atoms with Crippen molar-refractivity contribution in [3.63, 3.8) is 0 Å². The topological polar surface area (TPSA) is 90.9 Å². The number of aromatic carboxylic acids is 1. The number of aryl methyl sites for hydroxylation is 2. The van der Waals surface area contributed by atoms with Crippen molar-refractivity contribution in [1.29, 1.82) is 0 Å². The van der Waals surface area contributed by atoms with E-state index in [9.17, 15) is 4.79 Å². The number of carbonyl (C=O) groups is 1. The van der Waals surface area contributed by atoms with Crippen LogP contribution in [0.2, 0.25) is 0 Å². The number of rotatable bonds is 4. The molecule has 126 valence electrons. The van der Waals surface area contributed by atoms with Crippen molar-refractivity contribution < 1.29 is 9.90 Å². The lowest BCUT2D eigenvalue weighted by Gasteiger charge is -2.11. The summed E-state index contributed by atoms with van der Waals surface area (Å²) in [7, 11) is 0. The smallest absolute Gasteiger partial charge is 0.352 e. The molecule has 3 aromatic rings. The van der Waals surface area contributed by atoms with Gasteiger partial charge in [-0.3, -0.25) is 0 Å². The minimum Gasteiger partial charge on any atom is -0.477 e. The number of aromatic nitrogens is 3. The first-order valence-corrected chi connectivity index (χ1v) is 8.25. The molecule has 3 N–H and O–H groups in total. The van der Waals surface area contributed by atoms with Crippen molar-refractivity contribution in [2.24, 2.45) is 0 Å². The Balaban J connectivity index is 1.68. The quantitative estimate of drug-likeness (QED) is 0.676. The molecule has 2 heterocycles. The summed E-state index contributed by atoms with van der Waals surface area (Å²) in [6.45, 7) is 1.91. The van der Waals surface area contributed by atoms with Crippen molar-refractivity contribution in [3.05, 3.63) is 59.0 Å². The van der Waals surface area contributed by atoms with E-state index in [-0.39, 0.29) is 5.69 Å². The van der Waals surface area contributed by atoms with E-state index < -0.39 is 5.97 Å². The van der Waals surface area contributed by atoms with Gasteiger partial charge in [0, 0.05) is 23.6 Å². The van der Waals surface area contributed by atoms with Gasteiger partial charge in [0.05, 0.1) is 5.69 Å². The fourth-order valence-corrected chi connectivity index (χ4v) is 3.31. The zero-order valence-corrected chi connectivity index (χ0v) is 13.8. The van der Waals surface area contributed by atoms with Crippen molar-refractivity contribution >= 4 is 17.6 Å². The Morgan fingerprint density at radius 3 is 3.00 bits per heavy atom. The molecule has 4 rings (SSSR count). The average Bonchev–Trinajstić information content (AvgIpc) is 3.26. The van der Waals surface area contributed by atoms with Crippen molar-refractivity contribution in [2.75, 3.05) is 5.32 Å². The fourth-order valence-electron chi connectivity index (χ4n) is 3.31. The Labute approximate surface area is 145 Å². The summed E-state index contributed by atoms with van der Waals surface area (Å²) in [5.41, 5.74) is 6.25. The first kappa shape index (κ1) is 15.4. The average molecular weight is 334 g/mol. The van der Waals surface area contributed by atoms with E-state index in [0.717, 1.165) is 29.7 Å². The van der Waals surface area contributed by atoms with Gasteiger partial charge in [-0.05, 0) is 55.0 Å². The normalized spacial score (nSPS) is 12.8. The molecule has 0 amide bonds. The summed E-state index contributed by atoms with van der Waals surface area (Å²) >= 11 is 0. The monoisotopic (exact) mass is 334 g/mol. The molecule has 0 unspecified atom stereocenters. The Hall–Kier alpha value is -3.15. The molecule has 0 aliphatic heterocycles. The maximum absolute atomic E-state index is 11.1. The maximum Gasteiger partial charge on any atom is 0.352 e. The van der Waals surface area contributed by atoms with E-state index in [1.807, 2.05) is 19.1 Å². The number of aromatic amines is 1. The number of carboxylic acids is 1. The molecule has 1 aromatic carbocycles. The highest BCUT2D eigenvalue weighted by Gasteiger charge is 2.16. The number of nitrogens with one attached hydrogen (secondary N) is 2. The molecule has 0 atom stereocenters. The number of nitrogens with zero attached hydrogens (tertiary/aromatic N) is 2. The molecule has 6 heteroatoms. The third-order valence-corrected chi connectivity index (χ3v) is 4.55. The second-order valence-corrected chi connectivity index (χ2v) is 6.25. The SMILES string of the molecule is Cc1cnc(Nc2cccc3c2CCC3)nc1-c1c[nH]c(C(=O)O)c1. The highest BCUT2D eigenvalue weighted by atomic mass is 16.4. The second kappa shape index (κ2) is 6.05. The van der Waals surface area contributed by atoms with E-state index in [0.29, 0.717) is 11.6 Å². The number of benzene rings is 1. The Morgan fingerprint density at radius 1 is 1.32 bits per heavy atom. The summed E-state index contributed by atoms with van der Waals surface area (Å²) in [6.07, 6.45) is 6.77. The summed E-state index contributed by atoms with van der Waals surface area (Å²) < 4.78 is 0. The van der Waals surface area contributed by atoms with Gasteiger partial charge in [0.1, 0.15) is 5.69 Å². The fraction of sp³-hybridized carbons (Fsp3) is 0.211. The van der Waals surface area contributed by atoms with E-state index in [1.54, 1.807) is 18.5 Å². The van der Waals surface area contributed by atoms with Gasteiger partial charge in [-0.25, -0.2) is 14.8 Å². The lowest BCUT2D eigenvalue weighted by Crippen LogP contribution is -2.02. The van der Waals surface area contributed by atoms with Crippen molar-refractivity contribution in [3.8, 4) is 11.3 Å². The number of anilines is 2. The minimum absolute atomic E-state index is 0.142. The molecule has 0 saturated heterocycles. The number of hydrogen-bond acceptors (Lipinski definition) is 4. The van der Waals surface area contributed by atoms with Gasteiger partial charge < -0.3 is 15.4 Å². The van der Waals surface area contributed by atoms with E-state index >= 15 is 0 Å². The van der Waals surface area contributed by atoms with Crippen molar-refractivity contribution in [1.82, 2.24) is 15.0 Å². The highest BCUT2D eigenvalue weighted by Crippen LogP contribution is 2.31. The zero-order valence-electron chi connectivity index (χ0n) is 13.8. The molecular weight excluding hydrogens is 316 g/mol. The summed E-state index contributed by atoms with van der Waals surface area (Å²) in [5, 5.41) is 12.4. The van der Waals surface area contributed by atoms with Gasteiger partial charge in [0.15, 0.2) is 0 Å². The van der Waals surface area contributed by atoms with Gasteiger partial charge in [-0.15, -0.1) is 0 Å². The molecule has 6 nitrogen and oxygen atoms in total. The van der Waals surface area contributed by atoms with Crippen LogP contribution >= 0.6 is 0 Å². The lowest BCUT2D eigenvalue weighted by atomic mass is 10.1. The van der Waals surface area contributed by atoms with E-state index in [2.05, 4.69) is 26.3 Å². The second-order valence-electron chi connectivity index (χ2n) is 6.25. The van der Waals surface area contributed by atoms with Gasteiger partial charge >= 0.3 is 5.97 Å². The highest BCUT2D eigenvalue weighted by molar-refractivity contribution is 5.87. The summed E-state index contributed by atoms with van der Waals surface area (Å²) in [5.74, 6) is -0.477. The molecule has 1 aliphatic carbocycles. The van der Waals surface area contributed by atoms with Gasteiger partial charge in [0.2, 0.25) is 5.95 Å². The molecule has 0 bridgehead atoms. The van der Waals surface area contributed by atoms with Crippen LogP contribution in [0.1, 0.15) is 33.6 Å². The number of H-pyrrole nitrogens is 1. The molecule has 0 spiro atoms. The van der Waals surface area contributed by atoms with Crippen LogP contribution < -0.4 is 5.32 Å². The standard InChI is InChI=1S/C19H18N4O2/c1-11-9-21-19(22-15-7-3-5-12-4-2-6-14(12)15)23-17(11)13-8-16(18(24)25)20-10-13/h3,5,7-10,20H,2,4,6H2,1H3,(H,24,25)(H,21,22,23). The van der Waals surface area contributed by atoms with Crippen LogP contribution in [0.4, 0.5) is 11.6 Å². The molecule has 2 aromatic heterocycles. The van der Waals surface area contributed by atoms with Crippen LogP contribution in [0.3, 0.4) is 0 Å². The summed E-state index contributed by atoms with van der Waals surface area (Å²) in [6, 6.07) is 7.85. The number of hydrogen-bond donors (Lipinski definition) is 3.